The molecule has 0 aliphatic heterocycles. The van der Waals surface area contributed by atoms with Gasteiger partial charge in [-0.15, -0.1) is 0 Å². The third-order valence-electron chi connectivity index (χ3n) is 10.6. The maximum atomic E-state index is 12.1. The minimum atomic E-state index is -0.917. The molecule has 0 fully saturated rings. The molecule has 0 bridgehead atoms. The number of benzene rings is 4. The zero-order chi connectivity index (χ0) is 56.1. The van der Waals surface area contributed by atoms with Gasteiger partial charge in [0.15, 0.2) is 5.78 Å². The summed E-state index contributed by atoms with van der Waals surface area (Å²) in [6.45, 7) is 6.43. The summed E-state index contributed by atoms with van der Waals surface area (Å²) in [5, 5.41) is 8.45. The normalized spacial score (nSPS) is 10.1. The van der Waals surface area contributed by atoms with Crippen molar-refractivity contribution in [3.63, 3.8) is 0 Å². The second-order valence-corrected chi connectivity index (χ2v) is 20.4. The lowest BCUT2D eigenvalue weighted by atomic mass is 10.1. The van der Waals surface area contributed by atoms with Crippen LogP contribution in [-0.4, -0.2) is 79.8 Å². The monoisotopic (exact) mass is 1320 g/mol. The van der Waals surface area contributed by atoms with E-state index in [-0.39, 0.29) is 28.7 Å². The summed E-state index contributed by atoms with van der Waals surface area (Å²) >= 11 is 18.7. The minimum Gasteiger partial charge on any atom is -0.477 e. The van der Waals surface area contributed by atoms with Gasteiger partial charge in [0, 0.05) is 61.1 Å². The SMILES string of the molecule is CCOC(=O)c1cc(C(=O)Cc2ccc(Br)cc2)c[nH]1.CCOC(=O)c1cc(CCc2ccc(Br)cc2)c[nH]1.CCOC(=O)c1ccc[nH]1.O=C(Cl)Cc1ccc(Br)cc1.O=C(O)c1cc(CCc2ccc(Br)cc2)c[nH]1. The van der Waals surface area contributed by atoms with Crippen molar-refractivity contribution in [2.24, 2.45) is 0 Å². The lowest BCUT2D eigenvalue weighted by molar-refractivity contribution is -0.111. The van der Waals surface area contributed by atoms with Crippen molar-refractivity contribution in [3.8, 4) is 0 Å². The van der Waals surface area contributed by atoms with E-state index in [9.17, 15) is 28.8 Å². The highest BCUT2D eigenvalue weighted by Gasteiger charge is 2.15. The number of carbonyl (C=O) groups is 6. The zero-order valence-electron chi connectivity index (χ0n) is 42.3. The molecule has 4 heterocycles. The van der Waals surface area contributed by atoms with Gasteiger partial charge < -0.3 is 39.3 Å². The first-order valence-electron chi connectivity index (χ1n) is 24.1. The molecule has 8 rings (SSSR count). The van der Waals surface area contributed by atoms with Crippen molar-refractivity contribution in [2.75, 3.05) is 19.8 Å². The van der Waals surface area contributed by atoms with Crippen LogP contribution in [0.15, 0.2) is 170 Å². The van der Waals surface area contributed by atoms with Crippen molar-refractivity contribution >= 4 is 110 Å². The number of ketones is 1. The summed E-state index contributed by atoms with van der Waals surface area (Å²) in [5.74, 6) is -2.00. The Balaban J connectivity index is 0.000000213. The van der Waals surface area contributed by atoms with Crippen LogP contribution in [0.4, 0.5) is 0 Å². The fourth-order valence-electron chi connectivity index (χ4n) is 6.70. The van der Waals surface area contributed by atoms with Gasteiger partial charge in [0.2, 0.25) is 5.24 Å². The molecule has 4 aromatic heterocycles. The standard InChI is InChI=1S/C15H14BrNO3.C15H16BrNO2.C13H12BrNO2.C8H6BrClO.C7H9NO2/c1-2-20-15(19)13-8-11(9-17-13)14(18)7-10-3-5-12(16)6-4-10;1-2-19-15(18)14-9-12(10-17-14)4-3-11-5-7-13(16)8-6-11;14-11-5-3-9(4-6-11)1-2-10-7-12(13(16)17)15-8-10;9-7-3-1-6(2-4-7)5-8(10)11;1-2-10-7(9)6-4-3-5-8-6/h3-6,8-9,17H,2,7H2,1H3;5-10,17H,2-4H2,1H3;3-8,15H,1-2H2,(H,16,17);1-4H,5H2;3-5,8H,2H2,1H3. The molecular weight excluding hydrogens is 1270 g/mol. The first-order valence-corrected chi connectivity index (χ1v) is 27.6. The van der Waals surface area contributed by atoms with E-state index in [0.717, 1.165) is 65.8 Å². The van der Waals surface area contributed by atoms with Crippen LogP contribution in [0.3, 0.4) is 0 Å². The van der Waals surface area contributed by atoms with Crippen LogP contribution in [0.1, 0.15) is 106 Å². The van der Waals surface area contributed by atoms with Crippen LogP contribution in [-0.2, 0) is 57.5 Å². The molecule has 0 atom stereocenters. The lowest BCUT2D eigenvalue weighted by Gasteiger charge is -2.00. The number of halogens is 5. The molecule has 0 aliphatic carbocycles. The number of rotatable bonds is 18. The molecule has 0 saturated carbocycles. The number of hydrogen-bond donors (Lipinski definition) is 5. The molecule has 0 radical (unpaired) electrons. The van der Waals surface area contributed by atoms with Gasteiger partial charge in [-0.3, -0.25) is 9.59 Å². The van der Waals surface area contributed by atoms with Gasteiger partial charge in [0.05, 0.1) is 19.8 Å². The fourth-order valence-corrected chi connectivity index (χ4v) is 7.91. The largest absolute Gasteiger partial charge is 0.477 e. The molecule has 14 nitrogen and oxygen atoms in total. The number of esters is 3. The number of aryl methyl sites for hydroxylation is 4. The number of carbonyl (C=O) groups excluding carboxylic acids is 5. The number of aromatic amines is 4. The third-order valence-corrected chi connectivity index (χ3v) is 12.8. The van der Waals surface area contributed by atoms with Crippen molar-refractivity contribution in [3.05, 3.63) is 232 Å². The van der Waals surface area contributed by atoms with E-state index in [1.807, 2.05) is 85.1 Å². The summed E-state index contributed by atoms with van der Waals surface area (Å²) in [7, 11) is 0. The maximum Gasteiger partial charge on any atom is 0.354 e. The number of H-pyrrole nitrogens is 4. The van der Waals surface area contributed by atoms with Crippen LogP contribution in [0.2, 0.25) is 0 Å². The summed E-state index contributed by atoms with van der Waals surface area (Å²) in [6.07, 6.45) is 11.0. The van der Waals surface area contributed by atoms with E-state index in [2.05, 4.69) is 108 Å². The molecule has 19 heteroatoms. The summed E-state index contributed by atoms with van der Waals surface area (Å²) < 4.78 is 18.7. The van der Waals surface area contributed by atoms with E-state index >= 15 is 0 Å². The van der Waals surface area contributed by atoms with Gasteiger partial charge in [-0.2, -0.15) is 0 Å². The Hall–Kier alpha value is -6.57. The highest BCUT2D eigenvalue weighted by atomic mass is 79.9. The van der Waals surface area contributed by atoms with Crippen LogP contribution in [0, 0.1) is 0 Å². The third kappa shape index (κ3) is 24.1. The van der Waals surface area contributed by atoms with Crippen LogP contribution in [0.5, 0.6) is 0 Å². The van der Waals surface area contributed by atoms with Gasteiger partial charge in [-0.25, -0.2) is 19.2 Å². The number of carboxylic acids is 1. The van der Waals surface area contributed by atoms with E-state index in [4.69, 9.17) is 30.9 Å². The molecule has 77 heavy (non-hydrogen) atoms. The predicted molar refractivity (Wildman–Crippen MR) is 312 cm³/mol. The Kier molecular flexibility index (Phi) is 28.0. The number of nitrogens with one attached hydrogen (secondary N) is 4. The first kappa shape index (κ1) is 63.0. The quantitative estimate of drug-likeness (QED) is 0.0237. The van der Waals surface area contributed by atoms with E-state index in [0.29, 0.717) is 55.3 Å². The molecule has 0 amide bonds. The molecule has 0 spiro atoms. The van der Waals surface area contributed by atoms with E-state index in [1.54, 1.807) is 51.4 Å². The van der Waals surface area contributed by atoms with Crippen molar-refractivity contribution in [1.82, 2.24) is 19.9 Å². The summed E-state index contributed by atoms with van der Waals surface area (Å²) in [6, 6.07) is 40.0. The highest BCUT2D eigenvalue weighted by Crippen LogP contribution is 2.17. The van der Waals surface area contributed by atoms with Gasteiger partial charge in [-0.05, 0) is 170 Å². The van der Waals surface area contributed by atoms with Gasteiger partial charge >= 0.3 is 23.9 Å². The van der Waals surface area contributed by atoms with Gasteiger partial charge in [0.1, 0.15) is 22.8 Å². The second kappa shape index (κ2) is 34.2. The smallest absolute Gasteiger partial charge is 0.354 e. The lowest BCUT2D eigenvalue weighted by Crippen LogP contribution is -2.05. The number of Topliss-reactive ketones (excluding diaryl/α,β-unsaturated/α-hetero) is 1. The Morgan fingerprint density at radius 2 is 0.805 bits per heavy atom. The van der Waals surface area contributed by atoms with E-state index in [1.165, 1.54) is 23.4 Å². The van der Waals surface area contributed by atoms with Gasteiger partial charge in [0.25, 0.3) is 0 Å². The number of aromatic nitrogens is 4. The van der Waals surface area contributed by atoms with Crippen LogP contribution in [0.25, 0.3) is 0 Å². The Morgan fingerprint density at radius 1 is 0.442 bits per heavy atom. The van der Waals surface area contributed by atoms with E-state index < -0.39 is 11.9 Å². The summed E-state index contributed by atoms with van der Waals surface area (Å²) in [5.41, 5.74) is 8.57. The Labute approximate surface area is 485 Å². The number of carboxylic acid groups (broad SMARTS) is 1. The molecule has 0 aliphatic rings. The number of ether oxygens (including phenoxy) is 3. The Morgan fingerprint density at radius 3 is 1.19 bits per heavy atom. The molecule has 404 valence electrons. The van der Waals surface area contributed by atoms with Gasteiger partial charge in [-0.1, -0.05) is 112 Å². The van der Waals surface area contributed by atoms with Crippen molar-refractivity contribution in [2.45, 2.75) is 59.3 Å². The van der Waals surface area contributed by atoms with Crippen molar-refractivity contribution < 1.29 is 48.1 Å². The first-order chi connectivity index (χ1) is 37.0. The molecule has 4 aromatic carbocycles. The fraction of sp³-hybridized carbons (Fsp3) is 0.207. The molecule has 8 aromatic rings. The number of aromatic carboxylic acids is 1. The predicted octanol–water partition coefficient (Wildman–Crippen LogP) is 14.3. The highest BCUT2D eigenvalue weighted by molar-refractivity contribution is 9.11. The minimum absolute atomic E-state index is 0.0425. The average molecular weight is 1330 g/mol. The molecule has 0 saturated heterocycles. The number of hydrogen-bond acceptors (Lipinski definition) is 9. The zero-order valence-corrected chi connectivity index (χ0v) is 49.4. The summed E-state index contributed by atoms with van der Waals surface area (Å²) in [4.78, 5) is 78.3. The maximum absolute atomic E-state index is 12.1. The topological polar surface area (TPSA) is 213 Å². The molecule has 5 N–H and O–H groups in total. The average Bonchev–Trinajstić information content (AvgIpc) is 4.28. The second-order valence-electron chi connectivity index (χ2n) is 16.3. The van der Waals surface area contributed by atoms with Crippen LogP contribution < -0.4 is 0 Å². The molecule has 0 unspecified atom stereocenters. The Bertz CT molecular complexity index is 3080. The molecular formula is C58H57Br4ClN4O10. The van der Waals surface area contributed by atoms with Crippen LogP contribution >= 0.6 is 75.3 Å². The van der Waals surface area contributed by atoms with Crippen molar-refractivity contribution in [1.29, 1.82) is 0 Å².